The van der Waals surface area contributed by atoms with Gasteiger partial charge in [-0.1, -0.05) is 75.1 Å². The van der Waals surface area contributed by atoms with Gasteiger partial charge in [-0.25, -0.2) is 0 Å². The third-order valence-corrected chi connectivity index (χ3v) is 3.87. The molecule has 0 spiro atoms. The van der Waals surface area contributed by atoms with E-state index >= 15 is 0 Å². The van der Waals surface area contributed by atoms with E-state index in [0.717, 1.165) is 12.8 Å². The van der Waals surface area contributed by atoms with Crippen molar-refractivity contribution in [2.75, 3.05) is 0 Å². The van der Waals surface area contributed by atoms with E-state index in [0.29, 0.717) is 6.42 Å². The molecule has 0 saturated carbocycles. The zero-order chi connectivity index (χ0) is 12.4. The number of carbonyl (C=O) groups excluding carboxylic acids is 1. The molecule has 0 aromatic heterocycles. The summed E-state index contributed by atoms with van der Waals surface area (Å²) in [5.41, 5.74) is 0. The van der Waals surface area contributed by atoms with Gasteiger partial charge in [0.2, 0.25) is 0 Å². The molecule has 0 aliphatic rings. The Labute approximate surface area is 114 Å². The van der Waals surface area contributed by atoms with Gasteiger partial charge in [0.15, 0.2) is 4.33 Å². The zero-order valence-electron chi connectivity index (χ0n) is 9.91. The Balaban J connectivity index is 3.30. The lowest BCUT2D eigenvalue weighted by atomic mass is 10.1. The van der Waals surface area contributed by atoms with Crippen molar-refractivity contribution in [3.8, 4) is 0 Å². The molecule has 0 aliphatic carbocycles. The summed E-state index contributed by atoms with van der Waals surface area (Å²) in [6.07, 6.45) is 10.0. The van der Waals surface area contributed by atoms with E-state index < -0.39 is 9.58 Å². The summed E-state index contributed by atoms with van der Waals surface area (Å²) in [5.74, 6) is 0. The van der Waals surface area contributed by atoms with E-state index in [1.807, 2.05) is 0 Å². The Hall–Kier alpha value is 0.540. The van der Waals surface area contributed by atoms with Crippen LogP contribution in [0.3, 0.4) is 0 Å². The monoisotopic (exact) mass is 286 g/mol. The van der Waals surface area contributed by atoms with Crippen LogP contribution in [0.5, 0.6) is 0 Å². The van der Waals surface area contributed by atoms with Gasteiger partial charge in [-0.15, -0.1) is 0 Å². The molecule has 96 valence electrons. The van der Waals surface area contributed by atoms with E-state index in [9.17, 15) is 4.79 Å². The number of rotatable bonds is 10. The second kappa shape index (κ2) is 9.56. The number of unbranched alkanes of at least 4 members (excludes halogenated alkanes) is 7. The summed E-state index contributed by atoms with van der Waals surface area (Å²) in [6, 6.07) is 0. The minimum Gasteiger partial charge on any atom is -0.278 e. The molecule has 16 heavy (non-hydrogen) atoms. The fraction of sp³-hybridized carbons (Fsp3) is 0.917. The minimum atomic E-state index is -1.39. The normalized spacial score (nSPS) is 11.8. The zero-order valence-corrected chi connectivity index (χ0v) is 12.2. The van der Waals surface area contributed by atoms with Gasteiger partial charge in [0.25, 0.3) is 5.24 Å². The van der Waals surface area contributed by atoms with Crippen molar-refractivity contribution < 1.29 is 4.79 Å². The Morgan fingerprint density at radius 3 is 1.81 bits per heavy atom. The van der Waals surface area contributed by atoms with Gasteiger partial charge in [-0.05, 0) is 24.4 Å². The van der Waals surface area contributed by atoms with Gasteiger partial charge in [0.1, 0.15) is 0 Å². The number of carbonyl (C=O) groups is 1. The third kappa shape index (κ3) is 8.66. The summed E-state index contributed by atoms with van der Waals surface area (Å²) in [4.78, 5) is 10.8. The summed E-state index contributed by atoms with van der Waals surface area (Å²) in [7, 11) is 0. The molecular weight excluding hydrogens is 266 g/mol. The van der Waals surface area contributed by atoms with Gasteiger partial charge >= 0.3 is 0 Å². The van der Waals surface area contributed by atoms with Crippen LogP contribution in [0.25, 0.3) is 0 Å². The second-order valence-electron chi connectivity index (χ2n) is 4.20. The van der Waals surface area contributed by atoms with Crippen molar-refractivity contribution in [1.82, 2.24) is 0 Å². The van der Waals surface area contributed by atoms with Crippen LogP contribution >= 0.6 is 34.8 Å². The fourth-order valence-corrected chi connectivity index (χ4v) is 1.94. The average Bonchev–Trinajstić information content (AvgIpc) is 2.21. The van der Waals surface area contributed by atoms with Crippen molar-refractivity contribution in [3.63, 3.8) is 0 Å². The van der Waals surface area contributed by atoms with Crippen molar-refractivity contribution >= 4 is 40.0 Å². The van der Waals surface area contributed by atoms with Crippen molar-refractivity contribution in [2.45, 2.75) is 69.0 Å². The van der Waals surface area contributed by atoms with Gasteiger partial charge in [-0.2, -0.15) is 0 Å². The molecule has 4 heteroatoms. The SMILES string of the molecule is CCCCCCCCCCC(Cl)(Cl)C(=O)Cl. The minimum absolute atomic E-state index is 0.452. The van der Waals surface area contributed by atoms with Crippen LogP contribution in [0.2, 0.25) is 0 Å². The van der Waals surface area contributed by atoms with Crippen molar-refractivity contribution in [1.29, 1.82) is 0 Å². The highest BCUT2D eigenvalue weighted by atomic mass is 35.5. The lowest BCUT2D eigenvalue weighted by Crippen LogP contribution is -2.20. The van der Waals surface area contributed by atoms with Gasteiger partial charge < -0.3 is 0 Å². The molecule has 0 aromatic carbocycles. The highest BCUT2D eigenvalue weighted by Gasteiger charge is 2.30. The van der Waals surface area contributed by atoms with Crippen molar-refractivity contribution in [3.05, 3.63) is 0 Å². The van der Waals surface area contributed by atoms with Crippen LogP contribution in [0.15, 0.2) is 0 Å². The van der Waals surface area contributed by atoms with Crippen LogP contribution in [0.1, 0.15) is 64.7 Å². The van der Waals surface area contributed by atoms with Crippen LogP contribution in [-0.2, 0) is 4.79 Å². The molecular formula is C12H21Cl3O. The molecule has 0 aliphatic heterocycles. The Kier molecular flexibility index (Phi) is 9.88. The molecule has 0 atom stereocenters. The van der Waals surface area contributed by atoms with E-state index in [-0.39, 0.29) is 0 Å². The van der Waals surface area contributed by atoms with Crippen LogP contribution in [-0.4, -0.2) is 9.58 Å². The largest absolute Gasteiger partial charge is 0.278 e. The van der Waals surface area contributed by atoms with Crippen LogP contribution in [0.4, 0.5) is 0 Å². The quantitative estimate of drug-likeness (QED) is 0.296. The van der Waals surface area contributed by atoms with Crippen LogP contribution in [0, 0.1) is 0 Å². The van der Waals surface area contributed by atoms with Crippen molar-refractivity contribution in [2.24, 2.45) is 0 Å². The highest BCUT2D eigenvalue weighted by molar-refractivity contribution is 6.78. The lowest BCUT2D eigenvalue weighted by Gasteiger charge is -2.13. The maximum atomic E-state index is 10.8. The number of hydrogen-bond donors (Lipinski definition) is 0. The summed E-state index contributed by atoms with van der Waals surface area (Å²) in [6.45, 7) is 2.21. The molecule has 0 heterocycles. The summed E-state index contributed by atoms with van der Waals surface area (Å²) in [5, 5.41) is -0.668. The van der Waals surface area contributed by atoms with Gasteiger partial charge in [-0.3, -0.25) is 4.79 Å². The van der Waals surface area contributed by atoms with E-state index in [4.69, 9.17) is 34.8 Å². The molecule has 0 rings (SSSR count). The fourth-order valence-electron chi connectivity index (χ4n) is 1.58. The number of alkyl halides is 2. The maximum absolute atomic E-state index is 10.8. The molecule has 0 saturated heterocycles. The molecule has 0 bridgehead atoms. The first-order chi connectivity index (χ1) is 7.50. The predicted octanol–water partition coefficient (Wildman–Crippen LogP) is 5.46. The average molecular weight is 288 g/mol. The van der Waals surface area contributed by atoms with Gasteiger partial charge in [0.05, 0.1) is 0 Å². The molecule has 0 N–H and O–H groups in total. The highest BCUT2D eigenvalue weighted by Crippen LogP contribution is 2.30. The predicted molar refractivity (Wildman–Crippen MR) is 72.5 cm³/mol. The van der Waals surface area contributed by atoms with E-state index in [2.05, 4.69) is 6.92 Å². The molecule has 0 unspecified atom stereocenters. The summed E-state index contributed by atoms with van der Waals surface area (Å²) < 4.78 is -1.39. The first-order valence-electron chi connectivity index (χ1n) is 6.08. The Morgan fingerprint density at radius 2 is 1.38 bits per heavy atom. The number of halogens is 3. The Morgan fingerprint density at radius 1 is 0.938 bits per heavy atom. The first-order valence-corrected chi connectivity index (χ1v) is 7.22. The second-order valence-corrected chi connectivity index (χ2v) is 6.03. The number of hydrogen-bond acceptors (Lipinski definition) is 1. The Bertz CT molecular complexity index is 193. The maximum Gasteiger partial charge on any atom is 0.257 e. The van der Waals surface area contributed by atoms with Gasteiger partial charge in [0, 0.05) is 0 Å². The molecule has 1 nitrogen and oxygen atoms in total. The first kappa shape index (κ1) is 16.5. The summed E-state index contributed by atoms with van der Waals surface area (Å²) >= 11 is 16.7. The molecule has 0 radical (unpaired) electrons. The molecule has 0 aromatic rings. The lowest BCUT2D eigenvalue weighted by molar-refractivity contribution is -0.112. The smallest absolute Gasteiger partial charge is 0.257 e. The van der Waals surface area contributed by atoms with Crippen LogP contribution < -0.4 is 0 Å². The standard InChI is InChI=1S/C12H21Cl3O/c1-2-3-4-5-6-7-8-9-10-12(14,15)11(13)16/h2-10H2,1H3. The molecule has 0 fully saturated rings. The topological polar surface area (TPSA) is 17.1 Å². The third-order valence-electron chi connectivity index (χ3n) is 2.63. The van der Waals surface area contributed by atoms with E-state index in [1.54, 1.807) is 0 Å². The van der Waals surface area contributed by atoms with E-state index in [1.165, 1.54) is 38.5 Å². The molecule has 0 amide bonds.